The lowest BCUT2D eigenvalue weighted by atomic mass is 9.82. The van der Waals surface area contributed by atoms with Crippen molar-refractivity contribution in [2.24, 2.45) is 17.6 Å². The van der Waals surface area contributed by atoms with Crippen molar-refractivity contribution < 1.29 is 57.7 Å². The lowest BCUT2D eigenvalue weighted by Gasteiger charge is -2.30. The van der Waals surface area contributed by atoms with E-state index in [1.54, 1.807) is 57.2 Å². The van der Waals surface area contributed by atoms with Crippen LogP contribution in [0.4, 0.5) is 10.5 Å². The van der Waals surface area contributed by atoms with E-state index in [-0.39, 0.29) is 78.5 Å². The van der Waals surface area contributed by atoms with Gasteiger partial charge in [-0.25, -0.2) is 4.79 Å². The van der Waals surface area contributed by atoms with E-state index < -0.39 is 60.1 Å². The smallest absolute Gasteiger partial charge is 0.405 e. The minimum atomic E-state index is -1.02. The summed E-state index contributed by atoms with van der Waals surface area (Å²) in [5.41, 5.74) is 8.16. The predicted octanol–water partition coefficient (Wildman–Crippen LogP) is 4.54. The lowest BCUT2D eigenvalue weighted by Crippen LogP contribution is -2.52. The zero-order chi connectivity index (χ0) is 47.5. The summed E-state index contributed by atoms with van der Waals surface area (Å²) in [6.07, 6.45) is 6.75. The third-order valence-corrected chi connectivity index (χ3v) is 12.3. The summed E-state index contributed by atoms with van der Waals surface area (Å²) in [5.74, 6) is -3.68. The summed E-state index contributed by atoms with van der Waals surface area (Å²) in [6, 6.07) is 4.26. The average molecular weight is 900 g/mol. The summed E-state index contributed by atoms with van der Waals surface area (Å²) >= 11 is 0. The highest BCUT2D eigenvalue weighted by Gasteiger charge is 2.40. The standard InChI is InChI=1S/C48H61N5O12/c1-26-21-32-30(14-9-7-8-10-18-40(55)50-34-16-12-15-31-33(34)25-53(47(31)61)36-19-20-41(56)52-46(36)60)37(54)24-35(43(32)58)51-45(59)27(2)13-11-17-38(63-5)44(65-48(49)62)29(4)23-28(3)42(57)39(22-26)64-6/h11-13,15-17,23-24,26,28,36,38-39,42,44,57H,7-10,14,18-22,25H2,1-6H3,(H2,49,62)(H,50,55)(H,51,59)(H,52,56,60)/b17-11-,27-13+,29-23+/t26-,28+,36?,38+,39+,42+,44+/m1/s1. The molecule has 1 aromatic carbocycles. The molecule has 6 N–H and O–H groups in total. The van der Waals surface area contributed by atoms with E-state index in [1.165, 1.54) is 25.2 Å². The highest BCUT2D eigenvalue weighted by Crippen LogP contribution is 2.34. The number of ketones is 2. The molecule has 1 aromatic rings. The summed E-state index contributed by atoms with van der Waals surface area (Å²) in [6.45, 7) is 7.08. The number of carbonyl (C=O) groups excluding carboxylic acids is 8. The number of nitrogens with one attached hydrogen (secondary N) is 3. The number of aliphatic hydroxyl groups excluding tert-OH is 1. The van der Waals surface area contributed by atoms with E-state index in [0.29, 0.717) is 66.5 Å². The van der Waals surface area contributed by atoms with Crippen molar-refractivity contribution >= 4 is 52.9 Å². The van der Waals surface area contributed by atoms with Crippen molar-refractivity contribution in [3.05, 3.63) is 87.7 Å². The molecule has 65 heavy (non-hydrogen) atoms. The van der Waals surface area contributed by atoms with Crippen LogP contribution < -0.4 is 21.7 Å². The van der Waals surface area contributed by atoms with Gasteiger partial charge in [0.05, 0.1) is 17.9 Å². The van der Waals surface area contributed by atoms with Crippen LogP contribution in [-0.4, -0.2) is 102 Å². The molecule has 0 aromatic heterocycles. The summed E-state index contributed by atoms with van der Waals surface area (Å²) in [4.78, 5) is 105. The van der Waals surface area contributed by atoms with E-state index in [1.807, 2.05) is 6.92 Å². The topological polar surface area (TPSA) is 250 Å². The van der Waals surface area contributed by atoms with Crippen LogP contribution in [0.5, 0.6) is 0 Å². The number of hydrogen-bond acceptors (Lipinski definition) is 12. The molecule has 0 spiro atoms. The quantitative estimate of drug-likeness (QED) is 0.0840. The molecule has 3 heterocycles. The Balaban J connectivity index is 1.25. The van der Waals surface area contributed by atoms with Gasteiger partial charge in [-0.1, -0.05) is 57.1 Å². The molecule has 7 atom stereocenters. The number of anilines is 1. The molecule has 17 heteroatoms. The van der Waals surface area contributed by atoms with Crippen LogP contribution in [0.3, 0.4) is 0 Å². The van der Waals surface area contributed by atoms with Crippen molar-refractivity contribution in [2.45, 2.75) is 129 Å². The van der Waals surface area contributed by atoms with E-state index in [2.05, 4.69) is 16.0 Å². The Morgan fingerprint density at radius 1 is 0.985 bits per heavy atom. The Hall–Kier alpha value is -6.04. The molecule has 350 valence electrons. The van der Waals surface area contributed by atoms with Gasteiger partial charge in [-0.15, -0.1) is 0 Å². The first kappa shape index (κ1) is 50.0. The number of primary amides is 1. The molecule has 17 nitrogen and oxygen atoms in total. The first-order valence-corrected chi connectivity index (χ1v) is 22.1. The molecule has 2 bridgehead atoms. The van der Waals surface area contributed by atoms with Crippen molar-refractivity contribution in [3.8, 4) is 0 Å². The Morgan fingerprint density at radius 2 is 1.72 bits per heavy atom. The average Bonchev–Trinajstić information content (AvgIpc) is 3.59. The van der Waals surface area contributed by atoms with Crippen LogP contribution in [0.1, 0.15) is 108 Å². The van der Waals surface area contributed by atoms with Gasteiger partial charge in [-0.05, 0) is 76.0 Å². The minimum Gasteiger partial charge on any atom is -0.439 e. The van der Waals surface area contributed by atoms with Gasteiger partial charge in [0.15, 0.2) is 11.9 Å². The van der Waals surface area contributed by atoms with Crippen molar-refractivity contribution in [2.75, 3.05) is 19.5 Å². The van der Waals surface area contributed by atoms with Gasteiger partial charge in [-0.2, -0.15) is 0 Å². The fraction of sp³-hybridized carbons (Fsp3) is 0.500. The van der Waals surface area contributed by atoms with Crippen LogP contribution in [0.2, 0.25) is 0 Å². The van der Waals surface area contributed by atoms with E-state index >= 15 is 0 Å². The summed E-state index contributed by atoms with van der Waals surface area (Å²) in [5, 5.41) is 19.3. The van der Waals surface area contributed by atoms with Crippen molar-refractivity contribution in [1.82, 2.24) is 15.5 Å². The number of amides is 6. The van der Waals surface area contributed by atoms with Crippen LogP contribution in [-0.2, 0) is 49.5 Å². The van der Waals surface area contributed by atoms with E-state index in [9.17, 15) is 43.5 Å². The molecule has 0 radical (unpaired) electrons. The number of allylic oxidation sites excluding steroid dienone is 5. The Kier molecular flexibility index (Phi) is 17.5. The number of benzene rings is 1. The van der Waals surface area contributed by atoms with E-state index in [4.69, 9.17) is 19.9 Å². The second-order valence-electron chi connectivity index (χ2n) is 17.2. The number of piperidine rings is 1. The number of imide groups is 1. The fourth-order valence-corrected chi connectivity index (χ4v) is 8.77. The molecule has 1 saturated heterocycles. The van der Waals surface area contributed by atoms with Crippen LogP contribution in [0.25, 0.3) is 0 Å². The number of nitrogens with zero attached hydrogens (tertiary/aromatic N) is 1. The Labute approximate surface area is 378 Å². The van der Waals surface area contributed by atoms with Gasteiger partial charge in [0, 0.05) is 79.1 Å². The number of carbonyl (C=O) groups is 8. The van der Waals surface area contributed by atoms with Crippen molar-refractivity contribution in [1.29, 1.82) is 0 Å². The second-order valence-corrected chi connectivity index (χ2v) is 17.2. The second kappa shape index (κ2) is 22.7. The zero-order valence-corrected chi connectivity index (χ0v) is 37.9. The number of ether oxygens (including phenoxy) is 3. The SMILES string of the molecule is CO[C@H]1/C=C\C=C(/C)C(=O)NC2=CC(=O)C(CCCCCCC(=O)Nc3cccc4c3CN(C3CCC(=O)NC3=O)C4=O)=C(C[C@@H](C)C[C@H](OC)[C@@H](O)[C@@H](C)/C=C(\C)[C@@H]1OC(N)=O)C2=O. The number of nitrogens with two attached hydrogens (primary N) is 1. The van der Waals surface area contributed by atoms with Gasteiger partial charge in [0.1, 0.15) is 12.1 Å². The molecule has 1 fully saturated rings. The first-order chi connectivity index (χ1) is 30.9. The number of aliphatic hydroxyl groups is 1. The van der Waals surface area contributed by atoms with Crippen LogP contribution in [0.15, 0.2) is 76.6 Å². The number of hydrogen-bond donors (Lipinski definition) is 5. The number of methoxy groups -OCH3 is 2. The maximum absolute atomic E-state index is 14.1. The maximum atomic E-state index is 14.1. The van der Waals surface area contributed by atoms with Gasteiger partial charge in [-0.3, -0.25) is 38.9 Å². The highest BCUT2D eigenvalue weighted by atomic mass is 16.6. The van der Waals surface area contributed by atoms with Gasteiger partial charge in [0.25, 0.3) is 11.8 Å². The molecular weight excluding hydrogens is 839 g/mol. The number of rotatable bonds is 12. The van der Waals surface area contributed by atoms with E-state index in [0.717, 1.165) is 6.08 Å². The number of Topliss-reactive ketones (excluding diaryl/α,β-unsaturated/α-hetero) is 1. The van der Waals surface area contributed by atoms with Crippen molar-refractivity contribution in [3.63, 3.8) is 0 Å². The third kappa shape index (κ3) is 12.6. The summed E-state index contributed by atoms with van der Waals surface area (Å²) in [7, 11) is 2.90. The fourth-order valence-electron chi connectivity index (χ4n) is 8.77. The molecule has 4 aliphatic rings. The zero-order valence-electron chi connectivity index (χ0n) is 37.9. The molecule has 6 amide bonds. The third-order valence-electron chi connectivity index (χ3n) is 12.3. The molecule has 0 saturated carbocycles. The first-order valence-electron chi connectivity index (χ1n) is 22.1. The molecule has 1 aliphatic carbocycles. The molecule has 5 rings (SSSR count). The van der Waals surface area contributed by atoms with Gasteiger partial charge >= 0.3 is 6.09 Å². The molecule has 1 unspecified atom stereocenters. The van der Waals surface area contributed by atoms with Crippen LogP contribution in [0, 0.1) is 11.8 Å². The maximum Gasteiger partial charge on any atom is 0.405 e. The number of fused-ring (bicyclic) bond motifs is 3. The predicted molar refractivity (Wildman–Crippen MR) is 238 cm³/mol. The Bertz CT molecular complexity index is 2220. The summed E-state index contributed by atoms with van der Waals surface area (Å²) < 4.78 is 16.8. The largest absolute Gasteiger partial charge is 0.439 e. The van der Waals surface area contributed by atoms with Crippen LogP contribution >= 0.6 is 0 Å². The number of unbranched alkanes of at least 4 members (excludes halogenated alkanes) is 3. The normalized spacial score (nSPS) is 28.0. The molecule has 3 aliphatic heterocycles. The highest BCUT2D eigenvalue weighted by molar-refractivity contribution is 6.23. The monoisotopic (exact) mass is 899 g/mol. The van der Waals surface area contributed by atoms with Gasteiger partial charge < -0.3 is 40.6 Å². The Morgan fingerprint density at radius 3 is 2.42 bits per heavy atom. The minimum absolute atomic E-state index is 0.129. The van der Waals surface area contributed by atoms with Gasteiger partial charge in [0.2, 0.25) is 23.5 Å². The molecular formula is C48H61N5O12. The lowest BCUT2D eigenvalue weighted by molar-refractivity contribution is -0.137.